The van der Waals surface area contributed by atoms with E-state index in [1.165, 1.54) is 11.3 Å². The lowest BCUT2D eigenvalue weighted by Crippen LogP contribution is -1.88. The van der Waals surface area contributed by atoms with Crippen molar-refractivity contribution in [1.82, 2.24) is 30.1 Å². The van der Waals surface area contributed by atoms with Crippen molar-refractivity contribution in [3.05, 3.63) is 66.1 Å². The number of H-pyrrole nitrogens is 2. The van der Waals surface area contributed by atoms with Gasteiger partial charge in [0.1, 0.15) is 0 Å². The number of hydrogen-bond donors (Lipinski definition) is 3. The zero-order chi connectivity index (χ0) is 22.5. The van der Waals surface area contributed by atoms with Crippen LogP contribution in [0, 0.1) is 0 Å². The Hall–Kier alpha value is -4.37. The van der Waals surface area contributed by atoms with Gasteiger partial charge in [-0.25, -0.2) is 4.98 Å². The molecule has 6 aromatic heterocycles. The molecule has 0 aromatic carbocycles. The minimum Gasteiger partial charge on any atom is -0.397 e. The Morgan fingerprint density at radius 1 is 1.00 bits per heavy atom. The molecule has 0 aliphatic heterocycles. The SMILES string of the molecule is CC(=O)c1ccc(-c2nccc3[nH]c(-c4[nH]nc5ncc(-c6cncc(N)c6)cc45)cc23)s1. The monoisotopic (exact) mass is 451 g/mol. The van der Waals surface area contributed by atoms with Crippen LogP contribution >= 0.6 is 11.3 Å². The van der Waals surface area contributed by atoms with Crippen molar-refractivity contribution in [3.8, 4) is 33.1 Å². The average molecular weight is 452 g/mol. The molecule has 9 heteroatoms. The fraction of sp³-hybridized carbons (Fsp3) is 0.0417. The number of hydrogen-bond acceptors (Lipinski definition) is 7. The van der Waals surface area contributed by atoms with Gasteiger partial charge in [-0.05, 0) is 43.3 Å². The molecule has 0 bridgehead atoms. The summed E-state index contributed by atoms with van der Waals surface area (Å²) in [7, 11) is 0. The van der Waals surface area contributed by atoms with Gasteiger partial charge in [-0.3, -0.25) is 19.9 Å². The summed E-state index contributed by atoms with van der Waals surface area (Å²) in [5.41, 5.74) is 12.4. The molecule has 6 heterocycles. The summed E-state index contributed by atoms with van der Waals surface area (Å²) < 4.78 is 0. The van der Waals surface area contributed by atoms with E-state index in [1.54, 1.807) is 31.7 Å². The van der Waals surface area contributed by atoms with Gasteiger partial charge >= 0.3 is 0 Å². The van der Waals surface area contributed by atoms with Crippen LogP contribution in [0.3, 0.4) is 0 Å². The van der Waals surface area contributed by atoms with E-state index < -0.39 is 0 Å². The molecular weight excluding hydrogens is 434 g/mol. The Morgan fingerprint density at radius 2 is 1.88 bits per heavy atom. The van der Waals surface area contributed by atoms with E-state index in [-0.39, 0.29) is 5.78 Å². The van der Waals surface area contributed by atoms with Crippen LogP contribution in [0.15, 0.2) is 61.2 Å². The highest BCUT2D eigenvalue weighted by molar-refractivity contribution is 7.17. The van der Waals surface area contributed by atoms with Crippen molar-refractivity contribution in [3.63, 3.8) is 0 Å². The number of carbonyl (C=O) groups excluding carboxylic acids is 1. The maximum atomic E-state index is 11.7. The Kier molecular flexibility index (Phi) is 4.30. The Balaban J connectivity index is 1.48. The summed E-state index contributed by atoms with van der Waals surface area (Å²) in [6.45, 7) is 1.57. The summed E-state index contributed by atoms with van der Waals surface area (Å²) >= 11 is 1.45. The molecule has 0 radical (unpaired) electrons. The molecule has 8 nitrogen and oxygen atoms in total. The number of nitrogen functional groups attached to an aromatic ring is 1. The van der Waals surface area contributed by atoms with Crippen molar-refractivity contribution in [2.45, 2.75) is 6.92 Å². The van der Waals surface area contributed by atoms with Gasteiger partial charge in [-0.15, -0.1) is 11.3 Å². The summed E-state index contributed by atoms with van der Waals surface area (Å²) in [4.78, 5) is 30.1. The molecule has 0 saturated carbocycles. The standard InChI is InChI=1S/C24H17N7OS/c1-12(32)20-2-3-21(33-20)23-16-8-19(29-18(16)4-5-27-23)22-17-7-14(10-28-24(17)31-30-22)13-6-15(25)11-26-9-13/h2-11,29H,25H2,1H3,(H,28,30,31). The Bertz CT molecular complexity index is 1680. The molecule has 0 unspecified atom stereocenters. The normalized spacial score (nSPS) is 11.4. The third kappa shape index (κ3) is 3.26. The summed E-state index contributed by atoms with van der Waals surface area (Å²) in [5, 5.41) is 9.34. The molecule has 0 spiro atoms. The lowest BCUT2D eigenvalue weighted by molar-refractivity contribution is 0.102. The number of aromatic amines is 2. The van der Waals surface area contributed by atoms with Gasteiger partial charge in [0.05, 0.1) is 32.5 Å². The van der Waals surface area contributed by atoms with Gasteiger partial charge in [0.25, 0.3) is 0 Å². The zero-order valence-electron chi connectivity index (χ0n) is 17.5. The first-order chi connectivity index (χ1) is 16.1. The van der Waals surface area contributed by atoms with Crippen LogP contribution in [0.4, 0.5) is 5.69 Å². The van der Waals surface area contributed by atoms with Crippen molar-refractivity contribution >= 4 is 44.7 Å². The number of Topliss-reactive ketones (excluding diaryl/α,β-unsaturated/α-hetero) is 1. The van der Waals surface area contributed by atoms with Crippen LogP contribution in [0.5, 0.6) is 0 Å². The largest absolute Gasteiger partial charge is 0.397 e. The number of pyridine rings is 3. The van der Waals surface area contributed by atoms with Crippen LogP contribution in [-0.2, 0) is 0 Å². The lowest BCUT2D eigenvalue weighted by atomic mass is 10.1. The summed E-state index contributed by atoms with van der Waals surface area (Å²) in [6, 6.07) is 11.7. The number of anilines is 1. The van der Waals surface area contributed by atoms with E-state index in [1.807, 2.05) is 36.4 Å². The van der Waals surface area contributed by atoms with Gasteiger partial charge in [0, 0.05) is 52.2 Å². The van der Waals surface area contributed by atoms with Crippen LogP contribution in [0.2, 0.25) is 0 Å². The Labute approximate surface area is 191 Å². The smallest absolute Gasteiger partial charge is 0.181 e. The molecule has 0 amide bonds. The average Bonchev–Trinajstić information content (AvgIpc) is 3.55. The highest BCUT2D eigenvalue weighted by Crippen LogP contribution is 2.36. The van der Waals surface area contributed by atoms with Gasteiger partial charge < -0.3 is 10.7 Å². The first-order valence-corrected chi connectivity index (χ1v) is 11.0. The summed E-state index contributed by atoms with van der Waals surface area (Å²) in [5.74, 6) is 0.0517. The number of thiophene rings is 1. The molecule has 6 rings (SSSR count). The number of aromatic nitrogens is 6. The quantitative estimate of drug-likeness (QED) is 0.321. The highest BCUT2D eigenvalue weighted by Gasteiger charge is 2.16. The number of nitrogens with one attached hydrogen (secondary N) is 2. The molecule has 0 saturated heterocycles. The molecule has 4 N–H and O–H groups in total. The zero-order valence-corrected chi connectivity index (χ0v) is 18.3. The number of nitrogens with two attached hydrogens (primary N) is 1. The third-order valence-corrected chi connectivity index (χ3v) is 6.70. The van der Waals surface area contributed by atoms with E-state index in [9.17, 15) is 4.79 Å². The topological polar surface area (TPSA) is 126 Å². The number of carbonyl (C=O) groups is 1. The maximum absolute atomic E-state index is 11.7. The summed E-state index contributed by atoms with van der Waals surface area (Å²) in [6.07, 6.45) is 6.90. The fourth-order valence-electron chi connectivity index (χ4n) is 3.92. The maximum Gasteiger partial charge on any atom is 0.181 e. The predicted molar refractivity (Wildman–Crippen MR) is 130 cm³/mol. The third-order valence-electron chi connectivity index (χ3n) is 5.51. The minimum absolute atomic E-state index is 0.0517. The first-order valence-electron chi connectivity index (χ1n) is 10.2. The Morgan fingerprint density at radius 3 is 2.70 bits per heavy atom. The molecule has 0 atom stereocenters. The van der Waals surface area contributed by atoms with Crippen LogP contribution in [-0.4, -0.2) is 35.9 Å². The number of rotatable bonds is 4. The van der Waals surface area contributed by atoms with E-state index in [0.29, 0.717) is 16.2 Å². The van der Waals surface area contributed by atoms with Crippen molar-refractivity contribution in [2.24, 2.45) is 0 Å². The lowest BCUT2D eigenvalue weighted by Gasteiger charge is -2.02. The van der Waals surface area contributed by atoms with Gasteiger partial charge in [0.15, 0.2) is 11.4 Å². The predicted octanol–water partition coefficient (Wildman–Crippen LogP) is 5.08. The second-order valence-corrected chi connectivity index (χ2v) is 8.81. The van der Waals surface area contributed by atoms with E-state index in [2.05, 4.69) is 30.1 Å². The van der Waals surface area contributed by atoms with E-state index in [4.69, 9.17) is 5.73 Å². The van der Waals surface area contributed by atoms with Gasteiger partial charge in [0.2, 0.25) is 0 Å². The molecule has 0 fully saturated rings. The number of nitrogens with zero attached hydrogens (tertiary/aromatic N) is 4. The second kappa shape index (κ2) is 7.35. The molecule has 0 aliphatic carbocycles. The van der Waals surface area contributed by atoms with Crippen LogP contribution in [0.1, 0.15) is 16.6 Å². The van der Waals surface area contributed by atoms with Crippen LogP contribution in [0.25, 0.3) is 55.0 Å². The molecule has 33 heavy (non-hydrogen) atoms. The second-order valence-electron chi connectivity index (χ2n) is 7.72. The number of fused-ring (bicyclic) bond motifs is 2. The highest BCUT2D eigenvalue weighted by atomic mass is 32.1. The first kappa shape index (κ1) is 19.3. The molecule has 0 aliphatic rings. The number of ketones is 1. The molecule has 160 valence electrons. The molecular formula is C24H17N7OS. The molecule has 6 aromatic rings. The van der Waals surface area contributed by atoms with Crippen molar-refractivity contribution in [1.29, 1.82) is 0 Å². The van der Waals surface area contributed by atoms with Crippen LogP contribution < -0.4 is 5.73 Å². The van der Waals surface area contributed by atoms with Gasteiger partial charge in [-0.1, -0.05) is 0 Å². The van der Waals surface area contributed by atoms with Crippen molar-refractivity contribution < 1.29 is 4.79 Å². The van der Waals surface area contributed by atoms with E-state index >= 15 is 0 Å². The van der Waals surface area contributed by atoms with Gasteiger partial charge in [-0.2, -0.15) is 5.10 Å². The fourth-order valence-corrected chi connectivity index (χ4v) is 4.83. The minimum atomic E-state index is 0.0517. The van der Waals surface area contributed by atoms with E-state index in [0.717, 1.165) is 49.4 Å². The van der Waals surface area contributed by atoms with Crippen molar-refractivity contribution in [2.75, 3.05) is 5.73 Å².